The van der Waals surface area contributed by atoms with Crippen LogP contribution in [0.15, 0.2) is 50.1 Å². The van der Waals surface area contributed by atoms with Crippen molar-refractivity contribution in [2.75, 3.05) is 26.5 Å². The number of thiazole rings is 1. The maximum atomic E-state index is 13.9. The summed E-state index contributed by atoms with van der Waals surface area (Å²) < 4.78 is 39.9. The molecule has 4 rings (SSSR count). The molecule has 1 aromatic carbocycles. The molecule has 0 saturated carbocycles. The van der Waals surface area contributed by atoms with Gasteiger partial charge in [0.05, 0.1) is 22.6 Å². The number of rotatable bonds is 6. The van der Waals surface area contributed by atoms with Gasteiger partial charge in [-0.05, 0) is 43.1 Å². The van der Waals surface area contributed by atoms with Crippen LogP contribution in [0.5, 0.6) is 0 Å². The largest absolute Gasteiger partial charge is 0.466 e. The van der Waals surface area contributed by atoms with Gasteiger partial charge >= 0.3 is 5.97 Å². The Bertz CT molecular complexity index is 1450. The number of aromatic nitrogens is 1. The predicted octanol–water partition coefficient (Wildman–Crippen LogP) is 6.18. The quantitative estimate of drug-likeness (QED) is 0.305. The SMILES string of the molecule is COC(=O)C1=C(C2CCN(S(C)(=O)=N[Si](C)(C)C(C)(C)C)CC2)NC(c2nccs2)=NC1c1ccc(F)cc1Cl. The normalized spacial score (nSPS) is 20.9. The monoisotopic (exact) mass is 625 g/mol. The first kappa shape index (κ1) is 30.8. The molecule has 0 bridgehead atoms. The Labute approximate surface area is 246 Å². The number of nitrogens with one attached hydrogen (secondary N) is 1. The Kier molecular flexibility index (Phi) is 8.97. The molecule has 218 valence electrons. The van der Waals surface area contributed by atoms with Gasteiger partial charge in [-0.1, -0.05) is 38.4 Å². The number of ether oxygens (including phenoxy) is 1. The standard InChI is InChI=1S/C27H37ClFN5O3S2Si/c1-27(2,3)40(6,7)33-39(5,36)34-13-10-17(11-14-34)22-21(26(35)37-4)23(19-9-8-18(29)16-20(19)28)32-24(31-22)25-30-12-15-38-25/h8-9,12,15-17,23H,10-11,13-14H2,1-7H3,(H,31,32). The number of methoxy groups -OCH3 is 1. The van der Waals surface area contributed by atoms with Crippen molar-refractivity contribution in [1.29, 1.82) is 0 Å². The first-order valence-electron chi connectivity index (χ1n) is 13.1. The molecule has 2 aromatic rings. The second-order valence-electron chi connectivity index (χ2n) is 11.7. The average molecular weight is 626 g/mol. The summed E-state index contributed by atoms with van der Waals surface area (Å²) in [5, 5.41) is 6.05. The zero-order valence-corrected chi connectivity index (χ0v) is 27.3. The van der Waals surface area contributed by atoms with Crippen LogP contribution in [0, 0.1) is 11.7 Å². The molecule has 3 heterocycles. The molecule has 1 fully saturated rings. The summed E-state index contributed by atoms with van der Waals surface area (Å²) >= 11 is 7.89. The van der Waals surface area contributed by atoms with E-state index in [-0.39, 0.29) is 16.0 Å². The summed E-state index contributed by atoms with van der Waals surface area (Å²) in [6.45, 7) is 11.9. The van der Waals surface area contributed by atoms with Gasteiger partial charge in [0.1, 0.15) is 11.9 Å². The highest BCUT2D eigenvalue weighted by Gasteiger charge is 2.40. The molecule has 8 nitrogen and oxygen atoms in total. The second kappa shape index (κ2) is 11.6. The molecule has 2 unspecified atom stereocenters. The minimum Gasteiger partial charge on any atom is -0.466 e. The zero-order chi connectivity index (χ0) is 29.5. The Morgan fingerprint density at radius 1 is 1.30 bits per heavy atom. The highest BCUT2D eigenvalue weighted by Crippen LogP contribution is 2.41. The van der Waals surface area contributed by atoms with E-state index in [2.05, 4.69) is 44.2 Å². The number of nitrogens with zero attached hydrogens (tertiary/aromatic N) is 4. The number of aliphatic imine (C=N–C) groups is 1. The topological polar surface area (TPSA) is 96.2 Å². The summed E-state index contributed by atoms with van der Waals surface area (Å²) in [4.78, 5) is 22.5. The minimum absolute atomic E-state index is 0.0154. The third-order valence-electron chi connectivity index (χ3n) is 7.95. The first-order chi connectivity index (χ1) is 18.6. The third kappa shape index (κ3) is 6.35. The fraction of sp³-hybridized carbons (Fsp3) is 0.519. The van der Waals surface area contributed by atoms with Crippen LogP contribution < -0.4 is 5.32 Å². The molecule has 0 aliphatic carbocycles. The molecular formula is C27H37ClFN5O3S2Si. The fourth-order valence-corrected chi connectivity index (χ4v) is 11.4. The van der Waals surface area contributed by atoms with Gasteiger partial charge in [0.2, 0.25) is 0 Å². The summed E-state index contributed by atoms with van der Waals surface area (Å²) in [6.07, 6.45) is 4.72. The second-order valence-corrected chi connectivity index (χ2v) is 20.4. The molecule has 0 amide bonds. The van der Waals surface area contributed by atoms with Gasteiger partial charge < -0.3 is 10.1 Å². The summed E-state index contributed by atoms with van der Waals surface area (Å²) in [7, 11) is -3.37. The van der Waals surface area contributed by atoms with Crippen LogP contribution in [-0.4, -0.2) is 60.0 Å². The molecule has 1 aromatic heterocycles. The number of hydrogen-bond donors (Lipinski definition) is 1. The number of amidine groups is 1. The Balaban J connectivity index is 1.72. The molecule has 2 atom stereocenters. The van der Waals surface area contributed by atoms with Gasteiger partial charge in [0, 0.05) is 53.1 Å². The molecule has 0 radical (unpaired) electrons. The highest BCUT2D eigenvalue weighted by molar-refractivity contribution is 7.91. The van der Waals surface area contributed by atoms with E-state index in [9.17, 15) is 13.4 Å². The molecule has 2 aliphatic heterocycles. The summed E-state index contributed by atoms with van der Waals surface area (Å²) in [5.74, 6) is -0.572. The number of halogens is 2. The van der Waals surface area contributed by atoms with E-state index >= 15 is 0 Å². The van der Waals surface area contributed by atoms with Crippen LogP contribution in [0.3, 0.4) is 0 Å². The lowest BCUT2D eigenvalue weighted by Crippen LogP contribution is -2.44. The Morgan fingerprint density at radius 2 is 1.98 bits per heavy atom. The summed E-state index contributed by atoms with van der Waals surface area (Å²) in [5.41, 5.74) is 1.51. The van der Waals surface area contributed by atoms with E-state index in [1.165, 1.54) is 30.6 Å². The number of esters is 1. The van der Waals surface area contributed by atoms with Gasteiger partial charge in [-0.3, -0.25) is 9.02 Å². The van der Waals surface area contributed by atoms with Crippen molar-refractivity contribution < 1.29 is 18.1 Å². The number of piperidine rings is 1. The molecule has 0 spiro atoms. The van der Waals surface area contributed by atoms with E-state index < -0.39 is 36.0 Å². The number of allylic oxidation sites excluding steroid dienone is 1. The van der Waals surface area contributed by atoms with Gasteiger partial charge in [-0.15, -0.1) is 11.3 Å². The van der Waals surface area contributed by atoms with E-state index in [1.54, 1.807) is 18.5 Å². The maximum Gasteiger partial charge on any atom is 0.338 e. The Morgan fingerprint density at radius 3 is 2.52 bits per heavy atom. The number of hydrogen-bond acceptors (Lipinski definition) is 8. The van der Waals surface area contributed by atoms with Gasteiger partial charge in [-0.25, -0.2) is 22.7 Å². The highest BCUT2D eigenvalue weighted by atomic mass is 35.5. The third-order valence-corrected chi connectivity index (χ3v) is 17.2. The van der Waals surface area contributed by atoms with Crippen LogP contribution in [-0.2, 0) is 19.4 Å². The van der Waals surface area contributed by atoms with Crippen molar-refractivity contribution in [1.82, 2.24) is 14.6 Å². The van der Waals surface area contributed by atoms with Crippen molar-refractivity contribution in [2.24, 2.45) is 14.9 Å². The minimum atomic E-state index is -2.57. The van der Waals surface area contributed by atoms with Crippen molar-refractivity contribution in [3.8, 4) is 0 Å². The zero-order valence-electron chi connectivity index (χ0n) is 24.0. The number of benzene rings is 1. The van der Waals surface area contributed by atoms with Crippen LogP contribution in [0.1, 0.15) is 50.2 Å². The molecular weight excluding hydrogens is 589 g/mol. The first-order valence-corrected chi connectivity index (χ1v) is 19.2. The molecule has 13 heteroatoms. The molecule has 40 heavy (non-hydrogen) atoms. The summed E-state index contributed by atoms with van der Waals surface area (Å²) in [6, 6.07) is 3.26. The van der Waals surface area contributed by atoms with Crippen LogP contribution in [0.25, 0.3) is 0 Å². The maximum absolute atomic E-state index is 13.9. The van der Waals surface area contributed by atoms with E-state index in [1.807, 2.05) is 9.69 Å². The van der Waals surface area contributed by atoms with Crippen molar-refractivity contribution in [3.63, 3.8) is 0 Å². The van der Waals surface area contributed by atoms with Crippen LogP contribution >= 0.6 is 22.9 Å². The van der Waals surface area contributed by atoms with Gasteiger partial charge in [0.25, 0.3) is 0 Å². The predicted molar refractivity (Wildman–Crippen MR) is 163 cm³/mol. The average Bonchev–Trinajstić information content (AvgIpc) is 3.42. The van der Waals surface area contributed by atoms with E-state index in [0.717, 1.165) is 0 Å². The van der Waals surface area contributed by atoms with Crippen LogP contribution in [0.4, 0.5) is 4.39 Å². The van der Waals surface area contributed by atoms with E-state index in [4.69, 9.17) is 25.4 Å². The smallest absolute Gasteiger partial charge is 0.338 e. The lowest BCUT2D eigenvalue weighted by molar-refractivity contribution is -0.136. The van der Waals surface area contributed by atoms with Gasteiger partial charge in [0.15, 0.2) is 19.1 Å². The molecule has 1 saturated heterocycles. The van der Waals surface area contributed by atoms with E-state index in [0.29, 0.717) is 53.6 Å². The lowest BCUT2D eigenvalue weighted by Gasteiger charge is -2.38. The van der Waals surface area contributed by atoms with Crippen molar-refractivity contribution in [2.45, 2.75) is 57.8 Å². The fourth-order valence-electron chi connectivity index (χ4n) is 4.72. The van der Waals surface area contributed by atoms with Gasteiger partial charge in [-0.2, -0.15) is 0 Å². The Hall–Kier alpha value is -2.12. The lowest BCUT2D eigenvalue weighted by atomic mass is 9.86. The van der Waals surface area contributed by atoms with Crippen molar-refractivity contribution in [3.05, 3.63) is 62.5 Å². The molecule has 1 N–H and O–H groups in total. The molecule has 2 aliphatic rings. The van der Waals surface area contributed by atoms with Crippen LogP contribution in [0.2, 0.25) is 23.2 Å². The number of carbonyl (C=O) groups excluding carboxylic acids is 1. The van der Waals surface area contributed by atoms with Crippen molar-refractivity contribution >= 4 is 52.9 Å². The number of carbonyl (C=O) groups is 1.